The summed E-state index contributed by atoms with van der Waals surface area (Å²) in [5, 5.41) is 6.79. The summed E-state index contributed by atoms with van der Waals surface area (Å²) in [6.07, 6.45) is 1.85. The fraction of sp³-hybridized carbons (Fsp3) is 0.857. The molecule has 0 aromatic rings. The van der Waals surface area contributed by atoms with Gasteiger partial charge in [0.15, 0.2) is 0 Å². The summed E-state index contributed by atoms with van der Waals surface area (Å²) in [5.41, 5.74) is 5.14. The topological polar surface area (TPSA) is 87.2 Å². The number of amidine groups is 1. The molecule has 0 unspecified atom stereocenters. The van der Waals surface area contributed by atoms with Crippen molar-refractivity contribution >= 4 is 15.9 Å². The lowest BCUT2D eigenvalue weighted by atomic mass is 10.4. The third kappa shape index (κ3) is 2.67. The highest BCUT2D eigenvalue weighted by Crippen LogP contribution is 2.30. The largest absolute Gasteiger partial charge is 0.388 e. The van der Waals surface area contributed by atoms with Gasteiger partial charge in [0.25, 0.3) is 0 Å². The smallest absolute Gasteiger partial charge is 0.216 e. The van der Waals surface area contributed by atoms with Crippen molar-refractivity contribution in [1.29, 1.82) is 5.41 Å². The molecule has 0 aliphatic heterocycles. The lowest BCUT2D eigenvalue weighted by Gasteiger charge is -2.15. The molecule has 76 valence electrons. The van der Waals surface area contributed by atoms with Crippen LogP contribution in [0.2, 0.25) is 0 Å². The van der Waals surface area contributed by atoms with Gasteiger partial charge in [0.1, 0.15) is 0 Å². The molecule has 1 aliphatic carbocycles. The number of sulfonamides is 1. The van der Waals surface area contributed by atoms with Crippen molar-refractivity contribution in [3.8, 4) is 0 Å². The Morgan fingerprint density at radius 2 is 2.15 bits per heavy atom. The predicted octanol–water partition coefficient (Wildman–Crippen LogP) is -0.264. The van der Waals surface area contributed by atoms with Crippen LogP contribution in [0.15, 0.2) is 0 Å². The number of nitrogens with two attached hydrogens (primary N) is 1. The second-order valence-corrected chi connectivity index (χ2v) is 5.66. The van der Waals surface area contributed by atoms with Crippen LogP contribution in [0.5, 0.6) is 0 Å². The van der Waals surface area contributed by atoms with Gasteiger partial charge in [-0.15, -0.1) is 0 Å². The molecule has 0 saturated heterocycles. The van der Waals surface area contributed by atoms with E-state index < -0.39 is 10.0 Å². The minimum Gasteiger partial charge on any atom is -0.388 e. The number of nitrogens with zero attached hydrogens (tertiary/aromatic N) is 1. The molecule has 1 aliphatic rings. The molecule has 0 spiro atoms. The van der Waals surface area contributed by atoms with Gasteiger partial charge in [0, 0.05) is 20.0 Å². The molecule has 0 aromatic carbocycles. The highest BCUT2D eigenvalue weighted by atomic mass is 32.2. The summed E-state index contributed by atoms with van der Waals surface area (Å²) in [7, 11) is -1.54. The Morgan fingerprint density at radius 3 is 2.54 bits per heavy atom. The lowest BCUT2D eigenvalue weighted by molar-refractivity contribution is 0.477. The standard InChI is InChI=1S/C7H15N3O2S/c1-10(5-4-7(8)9)13(11,12)6-2-3-6/h6H,2-5H2,1H3,(H3,8,9). The molecule has 0 aromatic heterocycles. The summed E-state index contributed by atoms with van der Waals surface area (Å²) in [6.45, 7) is 0.314. The molecule has 1 fully saturated rings. The minimum atomic E-state index is -3.08. The SMILES string of the molecule is CN(CCC(=N)N)S(=O)(=O)C1CC1. The van der Waals surface area contributed by atoms with E-state index in [1.807, 2.05) is 0 Å². The third-order valence-corrected chi connectivity index (χ3v) is 4.44. The maximum Gasteiger partial charge on any atom is 0.216 e. The number of rotatable bonds is 5. The molecule has 0 atom stereocenters. The zero-order valence-corrected chi connectivity index (χ0v) is 8.47. The van der Waals surface area contributed by atoms with E-state index in [0.29, 0.717) is 13.0 Å². The van der Waals surface area contributed by atoms with Crippen LogP contribution in [-0.4, -0.2) is 37.4 Å². The van der Waals surface area contributed by atoms with Crippen LogP contribution in [-0.2, 0) is 10.0 Å². The van der Waals surface area contributed by atoms with Gasteiger partial charge in [-0.05, 0) is 12.8 Å². The summed E-state index contributed by atoms with van der Waals surface area (Å²) in [5.74, 6) is 0.0258. The average molecular weight is 205 g/mol. The van der Waals surface area contributed by atoms with Gasteiger partial charge in [-0.25, -0.2) is 12.7 Å². The monoisotopic (exact) mass is 205 g/mol. The molecule has 0 amide bonds. The van der Waals surface area contributed by atoms with Crippen molar-refractivity contribution in [3.05, 3.63) is 0 Å². The van der Waals surface area contributed by atoms with E-state index in [1.165, 1.54) is 11.4 Å². The molecule has 1 rings (SSSR count). The zero-order valence-electron chi connectivity index (χ0n) is 7.66. The van der Waals surface area contributed by atoms with Crippen molar-refractivity contribution in [2.24, 2.45) is 5.73 Å². The first-order valence-electron chi connectivity index (χ1n) is 4.22. The molecule has 0 heterocycles. The Labute approximate surface area is 78.5 Å². The Kier molecular flexibility index (Phi) is 2.92. The highest BCUT2D eigenvalue weighted by Gasteiger charge is 2.38. The molecular formula is C7H15N3O2S. The molecule has 13 heavy (non-hydrogen) atoms. The molecule has 6 heteroatoms. The summed E-state index contributed by atoms with van der Waals surface area (Å²) in [4.78, 5) is 0. The van der Waals surface area contributed by atoms with E-state index in [-0.39, 0.29) is 11.1 Å². The highest BCUT2D eigenvalue weighted by molar-refractivity contribution is 7.90. The normalized spacial score (nSPS) is 17.7. The van der Waals surface area contributed by atoms with E-state index in [4.69, 9.17) is 11.1 Å². The van der Waals surface area contributed by atoms with Crippen molar-refractivity contribution < 1.29 is 8.42 Å². The second kappa shape index (κ2) is 3.63. The van der Waals surface area contributed by atoms with Gasteiger partial charge < -0.3 is 5.73 Å². The first-order chi connectivity index (χ1) is 5.94. The van der Waals surface area contributed by atoms with Crippen LogP contribution in [0.1, 0.15) is 19.3 Å². The van der Waals surface area contributed by atoms with Crippen molar-refractivity contribution in [1.82, 2.24) is 4.31 Å². The summed E-state index contributed by atoms with van der Waals surface area (Å²) >= 11 is 0. The predicted molar refractivity (Wildman–Crippen MR) is 51.1 cm³/mol. The number of nitrogens with one attached hydrogen (secondary N) is 1. The van der Waals surface area contributed by atoms with Crippen LogP contribution in [0.25, 0.3) is 0 Å². The van der Waals surface area contributed by atoms with Gasteiger partial charge >= 0.3 is 0 Å². The fourth-order valence-corrected chi connectivity index (χ4v) is 2.61. The zero-order chi connectivity index (χ0) is 10.1. The van der Waals surface area contributed by atoms with E-state index in [0.717, 1.165) is 12.8 Å². The van der Waals surface area contributed by atoms with Gasteiger partial charge in [0.2, 0.25) is 10.0 Å². The number of hydrogen-bond acceptors (Lipinski definition) is 3. The maximum atomic E-state index is 11.5. The molecule has 0 bridgehead atoms. The summed E-state index contributed by atoms with van der Waals surface area (Å²) < 4.78 is 24.3. The van der Waals surface area contributed by atoms with Crippen molar-refractivity contribution in [2.45, 2.75) is 24.5 Å². The van der Waals surface area contributed by atoms with Crippen LogP contribution in [0.4, 0.5) is 0 Å². The average Bonchev–Trinajstić information content (AvgIpc) is 2.81. The molecule has 1 saturated carbocycles. The maximum absolute atomic E-state index is 11.5. The van der Waals surface area contributed by atoms with E-state index >= 15 is 0 Å². The Balaban J connectivity index is 2.46. The molecule has 3 N–H and O–H groups in total. The van der Waals surface area contributed by atoms with E-state index in [2.05, 4.69) is 0 Å². The Bertz CT molecular complexity index is 295. The Hall–Kier alpha value is -0.620. The molecule has 5 nitrogen and oxygen atoms in total. The molecule has 0 radical (unpaired) electrons. The van der Waals surface area contributed by atoms with Crippen LogP contribution >= 0.6 is 0 Å². The first kappa shape index (κ1) is 10.5. The third-order valence-electron chi connectivity index (χ3n) is 2.08. The first-order valence-corrected chi connectivity index (χ1v) is 5.73. The minimum absolute atomic E-state index is 0.0258. The Morgan fingerprint density at radius 1 is 1.62 bits per heavy atom. The fourth-order valence-electron chi connectivity index (χ4n) is 1.03. The lowest BCUT2D eigenvalue weighted by Crippen LogP contribution is -2.32. The summed E-state index contributed by atoms with van der Waals surface area (Å²) in [6, 6.07) is 0. The van der Waals surface area contributed by atoms with E-state index in [9.17, 15) is 8.42 Å². The van der Waals surface area contributed by atoms with Gasteiger partial charge in [-0.1, -0.05) is 0 Å². The van der Waals surface area contributed by atoms with Gasteiger partial charge in [0.05, 0.1) is 11.1 Å². The van der Waals surface area contributed by atoms with Crippen LogP contribution in [0.3, 0.4) is 0 Å². The van der Waals surface area contributed by atoms with Gasteiger partial charge in [-0.3, -0.25) is 5.41 Å². The van der Waals surface area contributed by atoms with E-state index in [1.54, 1.807) is 0 Å². The quantitative estimate of drug-likeness (QED) is 0.478. The van der Waals surface area contributed by atoms with Gasteiger partial charge in [-0.2, -0.15) is 0 Å². The van der Waals surface area contributed by atoms with Crippen LogP contribution < -0.4 is 5.73 Å². The molecular weight excluding hydrogens is 190 g/mol. The second-order valence-electron chi connectivity index (χ2n) is 3.34. The van der Waals surface area contributed by atoms with Crippen molar-refractivity contribution in [3.63, 3.8) is 0 Å². The number of hydrogen-bond donors (Lipinski definition) is 2. The van der Waals surface area contributed by atoms with Crippen LogP contribution in [0, 0.1) is 5.41 Å². The van der Waals surface area contributed by atoms with Crippen molar-refractivity contribution in [2.75, 3.05) is 13.6 Å².